The van der Waals surface area contributed by atoms with Crippen LogP contribution in [0, 0.1) is 5.82 Å². The first-order chi connectivity index (χ1) is 10.6. The molecule has 1 aliphatic heterocycles. The number of hydrogen-bond acceptors (Lipinski definition) is 4. The summed E-state index contributed by atoms with van der Waals surface area (Å²) in [6.07, 6.45) is 0.277. The third-order valence-electron chi connectivity index (χ3n) is 3.37. The smallest absolute Gasteiger partial charge is 0.305 e. The van der Waals surface area contributed by atoms with Crippen molar-refractivity contribution in [2.45, 2.75) is 23.8 Å². The predicted molar refractivity (Wildman–Crippen MR) is 86.8 cm³/mol. The molecule has 0 bridgehead atoms. The molecule has 1 N–H and O–H groups in total. The van der Waals surface area contributed by atoms with Crippen LogP contribution in [-0.2, 0) is 9.59 Å². The van der Waals surface area contributed by atoms with Gasteiger partial charge in [0.2, 0.25) is 5.91 Å². The molecular formula is C15H18FNO3S2. The lowest BCUT2D eigenvalue weighted by Gasteiger charge is -2.34. The molecule has 0 aliphatic carbocycles. The quantitative estimate of drug-likeness (QED) is 0.805. The topological polar surface area (TPSA) is 57.6 Å². The number of nitrogens with zero attached hydrogens (tertiary/aromatic N) is 1. The molecule has 1 amide bonds. The predicted octanol–water partition coefficient (Wildman–Crippen LogP) is 2.73. The van der Waals surface area contributed by atoms with Crippen LogP contribution in [0.4, 0.5) is 4.39 Å². The average molecular weight is 343 g/mol. The Morgan fingerprint density at radius 3 is 2.91 bits per heavy atom. The molecule has 0 saturated carbocycles. The zero-order chi connectivity index (χ0) is 15.9. The molecule has 0 radical (unpaired) electrons. The van der Waals surface area contributed by atoms with Gasteiger partial charge < -0.3 is 10.0 Å². The number of thioether (sulfide) groups is 2. The molecule has 120 valence electrons. The van der Waals surface area contributed by atoms with Gasteiger partial charge in [0.15, 0.2) is 0 Å². The number of carbonyl (C=O) groups is 2. The highest BCUT2D eigenvalue weighted by Gasteiger charge is 2.28. The molecule has 7 heteroatoms. The number of carbonyl (C=O) groups excluding carboxylic acids is 1. The Bertz CT molecular complexity index is 541. The van der Waals surface area contributed by atoms with Crippen LogP contribution in [0.25, 0.3) is 0 Å². The van der Waals surface area contributed by atoms with E-state index in [1.54, 1.807) is 34.9 Å². The van der Waals surface area contributed by atoms with E-state index in [9.17, 15) is 14.0 Å². The standard InChI is InChI=1S/C15H18FNO3S2/c16-12-3-1-2-4-13(12)22-7-5-14(18)17-6-8-21-10-11(17)9-15(19)20/h1-4,11H,5-10H2,(H,19,20). The highest BCUT2D eigenvalue weighted by Crippen LogP contribution is 2.24. The fourth-order valence-corrected chi connectivity index (χ4v) is 4.25. The summed E-state index contributed by atoms with van der Waals surface area (Å²) in [5, 5.41) is 8.93. The second kappa shape index (κ2) is 8.43. The summed E-state index contributed by atoms with van der Waals surface area (Å²) in [4.78, 5) is 25.4. The number of aliphatic carboxylic acids is 1. The van der Waals surface area contributed by atoms with E-state index in [1.165, 1.54) is 17.8 Å². The molecule has 1 unspecified atom stereocenters. The molecule has 1 saturated heterocycles. The van der Waals surface area contributed by atoms with Crippen LogP contribution < -0.4 is 0 Å². The van der Waals surface area contributed by atoms with Crippen LogP contribution >= 0.6 is 23.5 Å². The van der Waals surface area contributed by atoms with Gasteiger partial charge in [0.25, 0.3) is 0 Å². The van der Waals surface area contributed by atoms with Crippen molar-refractivity contribution in [2.75, 3.05) is 23.8 Å². The van der Waals surface area contributed by atoms with Gasteiger partial charge in [-0.1, -0.05) is 12.1 Å². The summed E-state index contributed by atoms with van der Waals surface area (Å²) < 4.78 is 13.5. The molecular weight excluding hydrogens is 325 g/mol. The molecule has 22 heavy (non-hydrogen) atoms. The maximum absolute atomic E-state index is 13.5. The van der Waals surface area contributed by atoms with Crippen molar-refractivity contribution in [2.24, 2.45) is 0 Å². The molecule has 1 fully saturated rings. The van der Waals surface area contributed by atoms with Crippen LogP contribution in [0.2, 0.25) is 0 Å². The second-order valence-electron chi connectivity index (χ2n) is 4.94. The van der Waals surface area contributed by atoms with Gasteiger partial charge in [-0.15, -0.1) is 11.8 Å². The summed E-state index contributed by atoms with van der Waals surface area (Å²) in [7, 11) is 0. The van der Waals surface area contributed by atoms with Crippen molar-refractivity contribution >= 4 is 35.4 Å². The zero-order valence-corrected chi connectivity index (χ0v) is 13.7. The fourth-order valence-electron chi connectivity index (χ4n) is 2.31. The highest BCUT2D eigenvalue weighted by atomic mass is 32.2. The van der Waals surface area contributed by atoms with Crippen molar-refractivity contribution in [1.82, 2.24) is 4.90 Å². The summed E-state index contributed by atoms with van der Waals surface area (Å²) in [5.41, 5.74) is 0. The number of amides is 1. The minimum absolute atomic E-state index is 0.0147. The largest absolute Gasteiger partial charge is 0.481 e. The molecule has 0 aromatic heterocycles. The first kappa shape index (κ1) is 17.1. The van der Waals surface area contributed by atoms with Crippen molar-refractivity contribution in [1.29, 1.82) is 0 Å². The number of hydrogen-bond donors (Lipinski definition) is 1. The summed E-state index contributed by atoms with van der Waals surface area (Å²) in [5.74, 6) is 0.781. The average Bonchev–Trinajstić information content (AvgIpc) is 2.49. The Morgan fingerprint density at radius 2 is 2.18 bits per heavy atom. The van der Waals surface area contributed by atoms with E-state index in [1.807, 2.05) is 0 Å². The molecule has 1 atom stereocenters. The Morgan fingerprint density at radius 1 is 1.41 bits per heavy atom. The van der Waals surface area contributed by atoms with Crippen LogP contribution in [0.3, 0.4) is 0 Å². The van der Waals surface area contributed by atoms with E-state index in [-0.39, 0.29) is 24.2 Å². The Labute approximate surface area is 137 Å². The maximum Gasteiger partial charge on any atom is 0.305 e. The molecule has 2 rings (SSSR count). The zero-order valence-electron chi connectivity index (χ0n) is 12.0. The molecule has 1 aromatic carbocycles. The minimum atomic E-state index is -0.883. The Hall–Kier alpha value is -1.21. The van der Waals surface area contributed by atoms with Gasteiger partial charge in [0, 0.05) is 35.1 Å². The third kappa shape index (κ3) is 4.91. The van der Waals surface area contributed by atoms with E-state index in [0.717, 1.165) is 5.75 Å². The first-order valence-electron chi connectivity index (χ1n) is 7.04. The second-order valence-corrected chi connectivity index (χ2v) is 7.23. The summed E-state index contributed by atoms with van der Waals surface area (Å²) >= 11 is 2.99. The van der Waals surface area contributed by atoms with Crippen LogP contribution in [0.1, 0.15) is 12.8 Å². The Kier molecular flexibility index (Phi) is 6.57. The molecule has 1 aliphatic rings. The van der Waals surface area contributed by atoms with Gasteiger partial charge in [0.05, 0.1) is 12.5 Å². The summed E-state index contributed by atoms with van der Waals surface area (Å²) in [6.45, 7) is 0.589. The molecule has 4 nitrogen and oxygen atoms in total. The highest BCUT2D eigenvalue weighted by molar-refractivity contribution is 7.99. The SMILES string of the molecule is O=C(O)CC1CSCCN1C(=O)CCSc1ccccc1F. The number of halogens is 1. The fraction of sp³-hybridized carbons (Fsp3) is 0.467. The van der Waals surface area contributed by atoms with Gasteiger partial charge in [-0.25, -0.2) is 4.39 Å². The first-order valence-corrected chi connectivity index (χ1v) is 9.18. The minimum Gasteiger partial charge on any atom is -0.481 e. The summed E-state index contributed by atoms with van der Waals surface area (Å²) in [6, 6.07) is 6.25. The lowest BCUT2D eigenvalue weighted by Crippen LogP contribution is -2.47. The van der Waals surface area contributed by atoms with E-state index in [0.29, 0.717) is 29.4 Å². The van der Waals surface area contributed by atoms with Gasteiger partial charge >= 0.3 is 5.97 Å². The lowest BCUT2D eigenvalue weighted by molar-refractivity contribution is -0.140. The van der Waals surface area contributed by atoms with Gasteiger partial charge in [-0.2, -0.15) is 11.8 Å². The lowest BCUT2D eigenvalue weighted by atomic mass is 10.2. The van der Waals surface area contributed by atoms with Crippen molar-refractivity contribution < 1.29 is 19.1 Å². The maximum atomic E-state index is 13.5. The number of carboxylic acid groups (broad SMARTS) is 1. The van der Waals surface area contributed by atoms with Crippen LogP contribution in [0.5, 0.6) is 0 Å². The van der Waals surface area contributed by atoms with E-state index in [4.69, 9.17) is 5.11 Å². The Balaban J connectivity index is 1.85. The van der Waals surface area contributed by atoms with Crippen molar-refractivity contribution in [3.63, 3.8) is 0 Å². The number of rotatable bonds is 6. The van der Waals surface area contributed by atoms with Crippen molar-refractivity contribution in [3.8, 4) is 0 Å². The van der Waals surface area contributed by atoms with Gasteiger partial charge in [-0.05, 0) is 12.1 Å². The van der Waals surface area contributed by atoms with E-state index in [2.05, 4.69) is 0 Å². The monoisotopic (exact) mass is 343 g/mol. The van der Waals surface area contributed by atoms with Gasteiger partial charge in [0.1, 0.15) is 5.82 Å². The normalized spacial score (nSPS) is 18.2. The third-order valence-corrected chi connectivity index (χ3v) is 5.51. The number of carboxylic acids is 1. The molecule has 1 heterocycles. The van der Waals surface area contributed by atoms with Gasteiger partial charge in [-0.3, -0.25) is 9.59 Å². The molecule has 0 spiro atoms. The van der Waals surface area contributed by atoms with Crippen LogP contribution in [0.15, 0.2) is 29.2 Å². The molecule has 1 aromatic rings. The van der Waals surface area contributed by atoms with Crippen molar-refractivity contribution in [3.05, 3.63) is 30.1 Å². The van der Waals surface area contributed by atoms with E-state index < -0.39 is 5.97 Å². The van der Waals surface area contributed by atoms with E-state index >= 15 is 0 Å². The number of benzene rings is 1. The van der Waals surface area contributed by atoms with Crippen LogP contribution in [-0.4, -0.2) is 51.7 Å².